The van der Waals surface area contributed by atoms with Gasteiger partial charge in [-0.3, -0.25) is 0 Å². The summed E-state index contributed by atoms with van der Waals surface area (Å²) in [6, 6.07) is -2.75. The fourth-order valence-electron chi connectivity index (χ4n) is 2.48. The molecule has 1 aliphatic rings. The molecule has 0 saturated heterocycles. The average molecular weight is 287 g/mol. The first-order valence-electron chi connectivity index (χ1n) is 11.7. The first-order chi connectivity index (χ1) is 13.6. The van der Waals surface area contributed by atoms with Crippen molar-refractivity contribution in [3.05, 3.63) is 29.7 Å². The van der Waals surface area contributed by atoms with Crippen LogP contribution in [-0.2, 0) is 0 Å². The van der Waals surface area contributed by atoms with E-state index in [-0.39, 0.29) is 18.6 Å². The molecule has 0 unspecified atom stereocenters. The third-order valence-electron chi connectivity index (χ3n) is 3.48. The first-order valence-corrected chi connectivity index (χ1v) is 6.69. The summed E-state index contributed by atoms with van der Waals surface area (Å²) in [5.41, 5.74) is -2.81. The van der Waals surface area contributed by atoms with Crippen molar-refractivity contribution in [3.63, 3.8) is 0 Å². The van der Waals surface area contributed by atoms with E-state index < -0.39 is 54.7 Å². The first kappa shape index (κ1) is 6.80. The number of nitrogens with zero attached hydrogens (tertiary/aromatic N) is 1. The molecule has 20 heavy (non-hydrogen) atoms. The number of benzene rings is 1. The maximum absolute atomic E-state index is 11.5. The molecule has 1 N–H and O–H groups in total. The van der Waals surface area contributed by atoms with Crippen LogP contribution in [0.25, 0.3) is 0 Å². The summed E-state index contributed by atoms with van der Waals surface area (Å²) in [5, 5.41) is 11.5. The second kappa shape index (κ2) is 6.59. The number of methoxy groups -OCH3 is 1. The summed E-state index contributed by atoms with van der Waals surface area (Å²) < 4.78 is 87.4. The summed E-state index contributed by atoms with van der Waals surface area (Å²) in [4.78, 5) is 0.329. The Hall–Kier alpha value is -1.06. The van der Waals surface area contributed by atoms with Crippen molar-refractivity contribution < 1.29 is 23.6 Å². The lowest BCUT2D eigenvalue weighted by molar-refractivity contribution is -0.0277. The van der Waals surface area contributed by atoms with E-state index in [1.54, 1.807) is 0 Å². The number of rotatable bonds is 5. The van der Waals surface area contributed by atoms with Crippen LogP contribution in [-0.4, -0.2) is 43.2 Å². The van der Waals surface area contributed by atoms with Crippen molar-refractivity contribution in [2.45, 2.75) is 43.6 Å². The SMILES string of the molecule is [2H]c1c([2H])c([C@]([2H])(C2(O)CCCCC2)C([2H])([2H])N(C)C([2H])([2H])[2H])c([2H])c([2H])c1OC. The number of hydrogen-bond donors (Lipinski definition) is 1. The van der Waals surface area contributed by atoms with E-state index in [2.05, 4.69) is 0 Å². The van der Waals surface area contributed by atoms with Crippen LogP contribution in [0.3, 0.4) is 0 Å². The zero-order chi connectivity index (χ0) is 23.3. The van der Waals surface area contributed by atoms with Gasteiger partial charge in [0.05, 0.1) is 18.2 Å². The van der Waals surface area contributed by atoms with Gasteiger partial charge in [0.2, 0.25) is 0 Å². The largest absolute Gasteiger partial charge is 0.497 e. The molecule has 2 rings (SSSR count). The Labute approximate surface area is 136 Å². The van der Waals surface area contributed by atoms with E-state index in [4.69, 9.17) is 17.1 Å². The Balaban J connectivity index is 2.96. The smallest absolute Gasteiger partial charge is 0.118 e. The molecule has 1 aromatic carbocycles. The summed E-state index contributed by atoms with van der Waals surface area (Å²) in [6.07, 6.45) is 1.53. The molecule has 1 atom stereocenters. The van der Waals surface area contributed by atoms with Gasteiger partial charge in [0.25, 0.3) is 0 Å². The second-order valence-electron chi connectivity index (χ2n) is 5.05. The van der Waals surface area contributed by atoms with Crippen LogP contribution in [0, 0.1) is 0 Å². The molecule has 0 heterocycles. The number of ether oxygens (including phenoxy) is 1. The summed E-state index contributed by atoms with van der Waals surface area (Å²) in [7, 11) is 2.11. The Morgan fingerprint density at radius 1 is 1.45 bits per heavy atom. The highest BCUT2D eigenvalue weighted by Crippen LogP contribution is 2.40. The van der Waals surface area contributed by atoms with Gasteiger partial charge in [-0.2, -0.15) is 0 Å². The van der Waals surface area contributed by atoms with Crippen LogP contribution in [0.5, 0.6) is 5.75 Å². The molecule has 3 heteroatoms. The molecule has 0 spiro atoms. The van der Waals surface area contributed by atoms with E-state index in [1.807, 2.05) is 0 Å². The fraction of sp³-hybridized carbons (Fsp3) is 0.647. The minimum absolute atomic E-state index is 0.0452. The Morgan fingerprint density at radius 2 is 2.10 bits per heavy atom. The van der Waals surface area contributed by atoms with Crippen molar-refractivity contribution in [2.24, 2.45) is 0 Å². The van der Waals surface area contributed by atoms with Crippen molar-refractivity contribution >= 4 is 0 Å². The van der Waals surface area contributed by atoms with E-state index in [9.17, 15) is 6.48 Å². The molecule has 1 saturated carbocycles. The average Bonchev–Trinajstić information content (AvgIpc) is 2.66. The van der Waals surface area contributed by atoms with Gasteiger partial charge in [0, 0.05) is 20.6 Å². The quantitative estimate of drug-likeness (QED) is 0.903. The topological polar surface area (TPSA) is 32.7 Å². The Bertz CT molecular complexity index is 778. The molecule has 1 aliphatic carbocycles. The highest BCUT2D eigenvalue weighted by Gasteiger charge is 2.38. The minimum Gasteiger partial charge on any atom is -0.497 e. The molecule has 112 valence electrons. The maximum atomic E-state index is 11.5. The zero-order valence-electron chi connectivity index (χ0n) is 21.8. The van der Waals surface area contributed by atoms with Gasteiger partial charge in [-0.25, -0.2) is 0 Å². The maximum Gasteiger partial charge on any atom is 0.118 e. The molecule has 0 bridgehead atoms. The van der Waals surface area contributed by atoms with Crippen LogP contribution in [0.15, 0.2) is 24.2 Å². The van der Waals surface area contributed by atoms with Crippen molar-refractivity contribution in [2.75, 3.05) is 27.6 Å². The number of aliphatic hydroxyl groups is 1. The van der Waals surface area contributed by atoms with Crippen LogP contribution in [0.4, 0.5) is 0 Å². The van der Waals surface area contributed by atoms with Crippen molar-refractivity contribution in [1.29, 1.82) is 0 Å². The van der Waals surface area contributed by atoms with E-state index in [0.29, 0.717) is 17.7 Å². The van der Waals surface area contributed by atoms with Gasteiger partial charge in [0.15, 0.2) is 0 Å². The molecule has 3 nitrogen and oxygen atoms in total. The third kappa shape index (κ3) is 3.53. The number of hydrogen-bond acceptors (Lipinski definition) is 3. The van der Waals surface area contributed by atoms with Crippen LogP contribution < -0.4 is 4.74 Å². The summed E-state index contributed by atoms with van der Waals surface area (Å²) >= 11 is 0. The number of likely N-dealkylation sites (N-methyl/N-ethyl adjacent to an activating group) is 1. The standard InChI is InChI=1S/C17H27NO2/c1-18(2)13-16(17(19)11-5-4-6-12-17)14-7-9-15(20-3)10-8-14/h7-10,16,19H,4-6,11-13H2,1-3H3/t16-/m1/s1/i1D3,7D,8D,9D,10D,13D2,16D. The second-order valence-corrected chi connectivity index (χ2v) is 5.05. The normalized spacial score (nSPS) is 30.0. The highest BCUT2D eigenvalue weighted by molar-refractivity contribution is 5.31. The van der Waals surface area contributed by atoms with Crippen LogP contribution in [0.2, 0.25) is 0 Å². The molecular formula is C17H27NO2. The lowest BCUT2D eigenvalue weighted by atomic mass is 9.72. The van der Waals surface area contributed by atoms with E-state index in [1.165, 1.54) is 0 Å². The van der Waals surface area contributed by atoms with Crippen LogP contribution >= 0.6 is 0 Å². The van der Waals surface area contributed by atoms with Crippen LogP contribution in [0.1, 0.15) is 57.3 Å². The molecule has 1 fully saturated rings. The van der Waals surface area contributed by atoms with E-state index >= 15 is 0 Å². The van der Waals surface area contributed by atoms with Gasteiger partial charge in [-0.15, -0.1) is 0 Å². The van der Waals surface area contributed by atoms with Gasteiger partial charge in [-0.05, 0) is 44.5 Å². The predicted octanol–water partition coefficient (Wildman–Crippen LogP) is 3.04. The minimum atomic E-state index is -3.08. The molecule has 0 radical (unpaired) electrons. The van der Waals surface area contributed by atoms with Gasteiger partial charge < -0.3 is 14.7 Å². The van der Waals surface area contributed by atoms with Crippen molar-refractivity contribution in [1.82, 2.24) is 4.90 Å². The zero-order valence-corrected chi connectivity index (χ0v) is 11.8. The molecule has 0 amide bonds. The lowest BCUT2D eigenvalue weighted by Gasteiger charge is -2.40. The van der Waals surface area contributed by atoms with E-state index in [0.717, 1.165) is 20.6 Å². The van der Waals surface area contributed by atoms with Crippen molar-refractivity contribution in [3.8, 4) is 5.75 Å². The molecule has 0 aliphatic heterocycles. The lowest BCUT2D eigenvalue weighted by Crippen LogP contribution is -2.42. The third-order valence-corrected chi connectivity index (χ3v) is 3.48. The highest BCUT2D eigenvalue weighted by atomic mass is 16.5. The Morgan fingerprint density at radius 3 is 2.65 bits per heavy atom. The van der Waals surface area contributed by atoms with Gasteiger partial charge >= 0.3 is 0 Å². The molecule has 0 aromatic heterocycles. The van der Waals surface area contributed by atoms with Gasteiger partial charge in [-0.1, -0.05) is 31.3 Å². The Kier molecular flexibility index (Phi) is 2.24. The van der Waals surface area contributed by atoms with Gasteiger partial charge in [0.1, 0.15) is 5.75 Å². The predicted molar refractivity (Wildman–Crippen MR) is 82.3 cm³/mol. The monoisotopic (exact) mass is 287 g/mol. The molecule has 1 aromatic rings. The summed E-state index contributed by atoms with van der Waals surface area (Å²) in [6.45, 7) is -6.06. The fourth-order valence-corrected chi connectivity index (χ4v) is 2.48. The molecular weight excluding hydrogens is 250 g/mol. The summed E-state index contributed by atoms with van der Waals surface area (Å²) in [5.74, 6) is -3.22.